The topological polar surface area (TPSA) is 44.8 Å². The van der Waals surface area contributed by atoms with Crippen LogP contribution in [0.25, 0.3) is 0 Å². The van der Waals surface area contributed by atoms with Crippen LogP contribution in [0.3, 0.4) is 0 Å². The van der Waals surface area contributed by atoms with Crippen LogP contribution in [0.5, 0.6) is 17.2 Å². The Kier molecular flexibility index (Phi) is 6.61. The number of aldehydes is 1. The third-order valence-electron chi connectivity index (χ3n) is 4.30. The van der Waals surface area contributed by atoms with Gasteiger partial charge in [0.25, 0.3) is 0 Å². The molecule has 0 saturated carbocycles. The lowest BCUT2D eigenvalue weighted by Crippen LogP contribution is -2.26. The predicted molar refractivity (Wildman–Crippen MR) is 105 cm³/mol. The normalized spacial score (nSPS) is 12.1. The molecule has 0 spiro atoms. The summed E-state index contributed by atoms with van der Waals surface area (Å²) in [6, 6.07) is 18.4. The summed E-state index contributed by atoms with van der Waals surface area (Å²) in [6.45, 7) is 0.100. The van der Waals surface area contributed by atoms with Crippen LogP contribution < -0.4 is 14.2 Å². The van der Waals surface area contributed by atoms with Crippen molar-refractivity contribution in [2.75, 3.05) is 7.11 Å². The Morgan fingerprint density at radius 3 is 2.23 bits per heavy atom. The molecule has 3 aromatic carbocycles. The number of hydrogen-bond donors (Lipinski definition) is 0. The molecule has 0 amide bonds. The van der Waals surface area contributed by atoms with Crippen molar-refractivity contribution in [1.82, 2.24) is 0 Å². The second-order valence-electron chi connectivity index (χ2n) is 6.41. The minimum absolute atomic E-state index is 0.0531. The van der Waals surface area contributed by atoms with Gasteiger partial charge < -0.3 is 14.2 Å². The van der Waals surface area contributed by atoms with Crippen LogP contribution in [-0.4, -0.2) is 19.6 Å². The largest absolute Gasteiger partial charge is 0.497 e. The fourth-order valence-electron chi connectivity index (χ4n) is 2.77. The molecule has 7 heteroatoms. The Hall–Kier alpha value is -3.48. The highest BCUT2D eigenvalue weighted by atomic mass is 19.4. The predicted octanol–water partition coefficient (Wildman–Crippen LogP) is 5.77. The van der Waals surface area contributed by atoms with Gasteiger partial charge in [-0.25, -0.2) is 0 Å². The zero-order valence-corrected chi connectivity index (χ0v) is 16.1. The first-order valence-electron chi connectivity index (χ1n) is 9.04. The maximum atomic E-state index is 13.7. The fraction of sp³-hybridized carbons (Fsp3) is 0.174. The van der Waals surface area contributed by atoms with Crippen molar-refractivity contribution in [2.45, 2.75) is 18.9 Å². The first-order valence-corrected chi connectivity index (χ1v) is 9.04. The van der Waals surface area contributed by atoms with Gasteiger partial charge in [0, 0.05) is 11.1 Å². The number of methoxy groups -OCH3 is 1. The van der Waals surface area contributed by atoms with E-state index in [2.05, 4.69) is 0 Å². The molecule has 1 atom stereocenters. The summed E-state index contributed by atoms with van der Waals surface area (Å²) in [5.74, 6) is 0.606. The molecule has 0 saturated heterocycles. The third-order valence-corrected chi connectivity index (χ3v) is 4.30. The minimum atomic E-state index is -4.66. The zero-order chi connectivity index (χ0) is 21.6. The Morgan fingerprint density at radius 1 is 0.933 bits per heavy atom. The molecular formula is C23H19F3O4. The Morgan fingerprint density at radius 2 is 1.63 bits per heavy atom. The van der Waals surface area contributed by atoms with Gasteiger partial charge >= 0.3 is 6.18 Å². The van der Waals surface area contributed by atoms with Crippen LogP contribution in [0.15, 0.2) is 72.8 Å². The quantitative estimate of drug-likeness (QED) is 0.438. The van der Waals surface area contributed by atoms with E-state index in [0.29, 0.717) is 12.0 Å². The van der Waals surface area contributed by atoms with Crippen LogP contribution in [0.2, 0.25) is 0 Å². The maximum absolute atomic E-state index is 13.7. The second kappa shape index (κ2) is 9.35. The van der Waals surface area contributed by atoms with E-state index in [0.717, 1.165) is 5.56 Å². The molecule has 0 heterocycles. The monoisotopic (exact) mass is 416 g/mol. The van der Waals surface area contributed by atoms with Gasteiger partial charge in [0.1, 0.15) is 18.6 Å². The number of benzene rings is 3. The molecule has 3 aromatic rings. The van der Waals surface area contributed by atoms with Gasteiger partial charge in [0.05, 0.1) is 7.11 Å². The van der Waals surface area contributed by atoms with Crippen LogP contribution in [-0.2, 0) is 6.61 Å². The molecule has 3 rings (SSSR count). The highest BCUT2D eigenvalue weighted by Crippen LogP contribution is 2.40. The van der Waals surface area contributed by atoms with Gasteiger partial charge in [-0.3, -0.25) is 4.79 Å². The summed E-state index contributed by atoms with van der Waals surface area (Å²) in [7, 11) is 1.55. The van der Waals surface area contributed by atoms with Crippen molar-refractivity contribution in [3.63, 3.8) is 0 Å². The summed E-state index contributed by atoms with van der Waals surface area (Å²) in [5.41, 5.74) is 0.912. The number of ether oxygens (including phenoxy) is 3. The molecule has 0 aliphatic rings. The van der Waals surface area contributed by atoms with Crippen LogP contribution in [0.1, 0.15) is 27.6 Å². The molecule has 0 bridgehead atoms. The van der Waals surface area contributed by atoms with Crippen molar-refractivity contribution < 1.29 is 32.2 Å². The minimum Gasteiger partial charge on any atom is -0.497 e. The molecule has 0 aliphatic carbocycles. The summed E-state index contributed by atoms with van der Waals surface area (Å²) in [5, 5.41) is 0. The zero-order valence-electron chi connectivity index (χ0n) is 16.1. The van der Waals surface area contributed by atoms with E-state index in [9.17, 15) is 18.0 Å². The molecule has 0 radical (unpaired) electrons. The van der Waals surface area contributed by atoms with E-state index in [1.165, 1.54) is 42.5 Å². The smallest absolute Gasteiger partial charge is 0.429 e. The summed E-state index contributed by atoms with van der Waals surface area (Å²) in [6.07, 6.45) is -6.33. The Bertz CT molecular complexity index is 970. The molecule has 1 unspecified atom stereocenters. The fourth-order valence-corrected chi connectivity index (χ4v) is 2.77. The number of alkyl halides is 3. The maximum Gasteiger partial charge on any atom is 0.429 e. The van der Waals surface area contributed by atoms with Gasteiger partial charge in [-0.15, -0.1) is 0 Å². The van der Waals surface area contributed by atoms with E-state index < -0.39 is 12.3 Å². The van der Waals surface area contributed by atoms with Crippen LogP contribution >= 0.6 is 0 Å². The second-order valence-corrected chi connectivity index (χ2v) is 6.41. The summed E-state index contributed by atoms with van der Waals surface area (Å²) in [4.78, 5) is 11.1. The third kappa shape index (κ3) is 5.31. The van der Waals surface area contributed by atoms with Gasteiger partial charge in [0.2, 0.25) is 6.10 Å². The van der Waals surface area contributed by atoms with E-state index in [1.54, 1.807) is 37.4 Å². The van der Waals surface area contributed by atoms with Crippen LogP contribution in [0.4, 0.5) is 13.2 Å². The SMILES string of the molecule is COc1ccc(COc2ccc(C=O)cc2OC(c2ccccc2)C(F)(F)F)cc1. The van der Waals surface area contributed by atoms with Crippen molar-refractivity contribution in [1.29, 1.82) is 0 Å². The lowest BCUT2D eigenvalue weighted by Gasteiger charge is -2.23. The van der Waals surface area contributed by atoms with Crippen molar-refractivity contribution in [3.05, 3.63) is 89.5 Å². The van der Waals surface area contributed by atoms with Crippen molar-refractivity contribution in [3.8, 4) is 17.2 Å². The van der Waals surface area contributed by atoms with Gasteiger partial charge in [-0.2, -0.15) is 13.2 Å². The number of hydrogen-bond acceptors (Lipinski definition) is 4. The van der Waals surface area contributed by atoms with Gasteiger partial charge in [-0.05, 0) is 35.9 Å². The summed E-state index contributed by atoms with van der Waals surface area (Å²) >= 11 is 0. The Balaban J connectivity index is 1.87. The van der Waals surface area contributed by atoms with E-state index in [-0.39, 0.29) is 29.2 Å². The lowest BCUT2D eigenvalue weighted by molar-refractivity contribution is -0.198. The van der Waals surface area contributed by atoms with Gasteiger partial charge in [0.15, 0.2) is 11.5 Å². The first-order chi connectivity index (χ1) is 14.4. The molecule has 0 aromatic heterocycles. The molecule has 156 valence electrons. The average Bonchev–Trinajstić information content (AvgIpc) is 2.76. The number of carbonyl (C=O) groups is 1. The highest BCUT2D eigenvalue weighted by Gasteiger charge is 2.43. The summed E-state index contributed by atoms with van der Waals surface area (Å²) < 4.78 is 57.2. The number of halogens is 3. The molecule has 30 heavy (non-hydrogen) atoms. The highest BCUT2D eigenvalue weighted by molar-refractivity contribution is 5.76. The molecule has 0 aliphatic heterocycles. The number of carbonyl (C=O) groups excluding carboxylic acids is 1. The standard InChI is InChI=1S/C23H19F3O4/c1-28-19-10-7-16(8-11-19)15-29-20-12-9-17(14-27)13-21(20)30-22(23(24,25)26)18-5-3-2-4-6-18/h2-14,22H,15H2,1H3. The van der Waals surface area contributed by atoms with Crippen molar-refractivity contribution in [2.24, 2.45) is 0 Å². The molecule has 0 N–H and O–H groups in total. The molecular weight excluding hydrogens is 397 g/mol. The van der Waals surface area contributed by atoms with Crippen molar-refractivity contribution >= 4 is 6.29 Å². The molecule has 0 fully saturated rings. The molecule has 4 nitrogen and oxygen atoms in total. The Labute approximate surface area is 171 Å². The van der Waals surface area contributed by atoms with E-state index in [4.69, 9.17) is 14.2 Å². The van der Waals surface area contributed by atoms with Gasteiger partial charge in [-0.1, -0.05) is 42.5 Å². The first kappa shape index (κ1) is 21.2. The van der Waals surface area contributed by atoms with E-state index in [1.807, 2.05) is 0 Å². The van der Waals surface area contributed by atoms with E-state index >= 15 is 0 Å². The van der Waals surface area contributed by atoms with Crippen LogP contribution in [0, 0.1) is 0 Å². The lowest BCUT2D eigenvalue weighted by atomic mass is 10.1. The average molecular weight is 416 g/mol. The number of rotatable bonds is 8.